The number of halogens is 2. The van der Waals surface area contributed by atoms with Crippen LogP contribution in [-0.2, 0) is 6.42 Å². The van der Waals surface area contributed by atoms with Crippen LogP contribution < -0.4 is 5.32 Å². The van der Waals surface area contributed by atoms with Crippen LogP contribution in [0.3, 0.4) is 0 Å². The molecule has 0 fully saturated rings. The Balaban J connectivity index is 2.51. The normalized spacial score (nSPS) is 11.9. The van der Waals surface area contributed by atoms with Gasteiger partial charge in [-0.25, -0.2) is 8.78 Å². The summed E-state index contributed by atoms with van der Waals surface area (Å²) in [6.45, 7) is 8.62. The average Bonchev–Trinajstić information content (AvgIpc) is 2.22. The zero-order chi connectivity index (χ0) is 13.1. The molecule has 96 valence electrons. The summed E-state index contributed by atoms with van der Waals surface area (Å²) in [6.07, 6.45) is 1.36. The van der Waals surface area contributed by atoms with Gasteiger partial charge in [-0.05, 0) is 58.2 Å². The first-order valence-electron chi connectivity index (χ1n) is 6.00. The minimum Gasteiger partial charge on any atom is -0.312 e. The van der Waals surface area contributed by atoms with E-state index in [2.05, 4.69) is 26.1 Å². The Morgan fingerprint density at radius 1 is 1.12 bits per heavy atom. The van der Waals surface area contributed by atoms with E-state index in [9.17, 15) is 8.78 Å². The third-order valence-corrected chi connectivity index (χ3v) is 2.63. The predicted octanol–water partition coefficient (Wildman–Crippen LogP) is 3.59. The number of nitrogens with one attached hydrogen (secondary N) is 1. The lowest BCUT2D eigenvalue weighted by atomic mass is 10.1. The SMILES string of the molecule is Cc1ccc(CCCNC(C)(C)C)c(F)c1F. The molecule has 0 heterocycles. The molecule has 0 aliphatic heterocycles. The van der Waals surface area contributed by atoms with E-state index in [0.717, 1.165) is 13.0 Å². The van der Waals surface area contributed by atoms with Crippen molar-refractivity contribution in [3.63, 3.8) is 0 Å². The Kier molecular flexibility index (Phi) is 4.63. The molecule has 0 spiro atoms. The minimum atomic E-state index is -0.716. The van der Waals surface area contributed by atoms with Crippen molar-refractivity contribution in [1.82, 2.24) is 5.32 Å². The van der Waals surface area contributed by atoms with Crippen LogP contribution in [0.5, 0.6) is 0 Å². The smallest absolute Gasteiger partial charge is 0.162 e. The molecule has 0 saturated heterocycles. The monoisotopic (exact) mass is 241 g/mol. The van der Waals surface area contributed by atoms with E-state index in [1.54, 1.807) is 19.1 Å². The van der Waals surface area contributed by atoms with E-state index < -0.39 is 11.6 Å². The highest BCUT2D eigenvalue weighted by atomic mass is 19.2. The highest BCUT2D eigenvalue weighted by Crippen LogP contribution is 2.16. The summed E-state index contributed by atoms with van der Waals surface area (Å²) >= 11 is 0. The van der Waals surface area contributed by atoms with E-state index in [1.165, 1.54) is 0 Å². The molecule has 0 bridgehead atoms. The third-order valence-electron chi connectivity index (χ3n) is 2.63. The second kappa shape index (κ2) is 5.58. The van der Waals surface area contributed by atoms with Crippen molar-refractivity contribution in [3.8, 4) is 0 Å². The molecule has 0 aliphatic carbocycles. The highest BCUT2D eigenvalue weighted by Gasteiger charge is 2.11. The summed E-state index contributed by atoms with van der Waals surface area (Å²) < 4.78 is 26.8. The van der Waals surface area contributed by atoms with E-state index in [0.29, 0.717) is 17.5 Å². The van der Waals surface area contributed by atoms with Gasteiger partial charge < -0.3 is 5.32 Å². The first kappa shape index (κ1) is 14.1. The molecule has 1 aromatic carbocycles. The fraction of sp³-hybridized carbons (Fsp3) is 0.571. The van der Waals surface area contributed by atoms with Gasteiger partial charge in [0.15, 0.2) is 11.6 Å². The minimum absolute atomic E-state index is 0.0665. The molecule has 0 aliphatic rings. The summed E-state index contributed by atoms with van der Waals surface area (Å²) in [6, 6.07) is 3.30. The number of rotatable bonds is 4. The Bertz CT molecular complexity index is 381. The maximum atomic E-state index is 13.5. The van der Waals surface area contributed by atoms with Crippen LogP contribution in [0.15, 0.2) is 12.1 Å². The van der Waals surface area contributed by atoms with Crippen molar-refractivity contribution in [3.05, 3.63) is 34.9 Å². The van der Waals surface area contributed by atoms with Gasteiger partial charge in [0.25, 0.3) is 0 Å². The lowest BCUT2D eigenvalue weighted by Gasteiger charge is -2.20. The first-order chi connectivity index (χ1) is 7.81. The molecule has 0 atom stereocenters. The molecule has 0 amide bonds. The maximum absolute atomic E-state index is 13.5. The molecular weight excluding hydrogens is 220 g/mol. The van der Waals surface area contributed by atoms with Gasteiger partial charge in [0.1, 0.15) is 0 Å². The number of hydrogen-bond acceptors (Lipinski definition) is 1. The Morgan fingerprint density at radius 2 is 1.76 bits per heavy atom. The summed E-state index contributed by atoms with van der Waals surface area (Å²) in [5, 5.41) is 3.32. The second-order valence-corrected chi connectivity index (χ2v) is 5.45. The van der Waals surface area contributed by atoms with Gasteiger partial charge in [-0.3, -0.25) is 0 Å². The zero-order valence-electron chi connectivity index (χ0n) is 11.0. The van der Waals surface area contributed by atoms with Gasteiger partial charge in [0, 0.05) is 5.54 Å². The Labute approximate surface area is 102 Å². The summed E-state index contributed by atoms with van der Waals surface area (Å²) in [7, 11) is 0. The standard InChI is InChI=1S/C14H21F2N/c1-10-7-8-11(13(16)12(10)15)6-5-9-17-14(2,3)4/h7-8,17H,5-6,9H2,1-4H3. The second-order valence-electron chi connectivity index (χ2n) is 5.45. The quantitative estimate of drug-likeness (QED) is 0.794. The first-order valence-corrected chi connectivity index (χ1v) is 6.00. The van der Waals surface area contributed by atoms with Gasteiger partial charge >= 0.3 is 0 Å². The van der Waals surface area contributed by atoms with Crippen LogP contribution in [0.25, 0.3) is 0 Å². The molecule has 0 radical (unpaired) electrons. The molecule has 1 nitrogen and oxygen atoms in total. The highest BCUT2D eigenvalue weighted by molar-refractivity contribution is 5.25. The van der Waals surface area contributed by atoms with E-state index in [4.69, 9.17) is 0 Å². The molecule has 1 N–H and O–H groups in total. The summed E-state index contributed by atoms with van der Waals surface area (Å²) in [5.74, 6) is -1.41. The molecule has 1 rings (SSSR count). The maximum Gasteiger partial charge on any atom is 0.162 e. The van der Waals surface area contributed by atoms with Crippen LogP contribution in [-0.4, -0.2) is 12.1 Å². The predicted molar refractivity (Wildman–Crippen MR) is 67.2 cm³/mol. The topological polar surface area (TPSA) is 12.0 Å². The van der Waals surface area contributed by atoms with Gasteiger partial charge in [-0.2, -0.15) is 0 Å². The molecule has 1 aromatic rings. The van der Waals surface area contributed by atoms with Crippen LogP contribution in [0.1, 0.15) is 38.3 Å². The Hall–Kier alpha value is -0.960. The number of benzene rings is 1. The van der Waals surface area contributed by atoms with Crippen molar-refractivity contribution >= 4 is 0 Å². The van der Waals surface area contributed by atoms with E-state index in [1.807, 2.05) is 0 Å². The van der Waals surface area contributed by atoms with E-state index >= 15 is 0 Å². The van der Waals surface area contributed by atoms with Crippen molar-refractivity contribution in [2.24, 2.45) is 0 Å². The van der Waals surface area contributed by atoms with Crippen LogP contribution >= 0.6 is 0 Å². The third kappa shape index (κ3) is 4.43. The average molecular weight is 241 g/mol. The van der Waals surface area contributed by atoms with Gasteiger partial charge in [-0.15, -0.1) is 0 Å². The van der Waals surface area contributed by atoms with Crippen molar-refractivity contribution < 1.29 is 8.78 Å². The molecular formula is C14H21F2N. The molecule has 17 heavy (non-hydrogen) atoms. The summed E-state index contributed by atoms with van der Waals surface area (Å²) in [5.41, 5.74) is 0.889. The van der Waals surface area contributed by atoms with Crippen LogP contribution in [0.2, 0.25) is 0 Å². The van der Waals surface area contributed by atoms with Crippen molar-refractivity contribution in [2.75, 3.05) is 6.54 Å². The fourth-order valence-corrected chi connectivity index (χ4v) is 1.62. The zero-order valence-corrected chi connectivity index (χ0v) is 11.0. The van der Waals surface area contributed by atoms with Crippen LogP contribution in [0.4, 0.5) is 8.78 Å². The molecule has 0 saturated carbocycles. The Morgan fingerprint density at radius 3 is 2.35 bits per heavy atom. The van der Waals surface area contributed by atoms with Gasteiger partial charge in [0.2, 0.25) is 0 Å². The molecule has 3 heteroatoms. The largest absolute Gasteiger partial charge is 0.312 e. The molecule has 0 unspecified atom stereocenters. The van der Waals surface area contributed by atoms with Gasteiger partial charge in [0.05, 0.1) is 0 Å². The van der Waals surface area contributed by atoms with Crippen molar-refractivity contribution in [2.45, 2.75) is 46.1 Å². The molecule has 0 aromatic heterocycles. The lowest BCUT2D eigenvalue weighted by molar-refractivity contribution is 0.420. The van der Waals surface area contributed by atoms with E-state index in [-0.39, 0.29) is 5.54 Å². The lowest BCUT2D eigenvalue weighted by Crippen LogP contribution is -2.36. The summed E-state index contributed by atoms with van der Waals surface area (Å²) in [4.78, 5) is 0. The fourth-order valence-electron chi connectivity index (χ4n) is 1.62. The van der Waals surface area contributed by atoms with Crippen LogP contribution in [0, 0.1) is 18.6 Å². The number of aryl methyl sites for hydroxylation is 2. The van der Waals surface area contributed by atoms with Crippen molar-refractivity contribution in [1.29, 1.82) is 0 Å². The number of hydrogen-bond donors (Lipinski definition) is 1. The van der Waals surface area contributed by atoms with Gasteiger partial charge in [-0.1, -0.05) is 12.1 Å².